The van der Waals surface area contributed by atoms with Crippen LogP contribution >= 0.6 is 0 Å². The van der Waals surface area contributed by atoms with Crippen molar-refractivity contribution in [2.45, 2.75) is 32.7 Å². The smallest absolute Gasteiger partial charge is 0.127 e. The standard InChI is InChI=1S/C14H21NO/c1-4-10(2)13(15-3)12-7-5-6-11-8-9-16-14(11)12/h5-7,10,13,15H,4,8-9H2,1-3H3. The summed E-state index contributed by atoms with van der Waals surface area (Å²) in [4.78, 5) is 0. The zero-order chi connectivity index (χ0) is 11.5. The molecule has 2 atom stereocenters. The maximum atomic E-state index is 5.77. The van der Waals surface area contributed by atoms with E-state index >= 15 is 0 Å². The minimum absolute atomic E-state index is 0.401. The number of nitrogens with one attached hydrogen (secondary N) is 1. The predicted molar refractivity (Wildman–Crippen MR) is 66.9 cm³/mol. The number of benzene rings is 1. The predicted octanol–water partition coefficient (Wildman–Crippen LogP) is 2.93. The van der Waals surface area contributed by atoms with E-state index in [9.17, 15) is 0 Å². The fourth-order valence-corrected chi connectivity index (χ4v) is 2.47. The molecule has 1 aromatic carbocycles. The van der Waals surface area contributed by atoms with Gasteiger partial charge in [-0.1, -0.05) is 38.5 Å². The Kier molecular flexibility index (Phi) is 3.49. The van der Waals surface area contributed by atoms with Crippen molar-refractivity contribution in [2.75, 3.05) is 13.7 Å². The first-order valence-corrected chi connectivity index (χ1v) is 6.19. The summed E-state index contributed by atoms with van der Waals surface area (Å²) in [6, 6.07) is 6.92. The van der Waals surface area contributed by atoms with Crippen LogP contribution in [0.4, 0.5) is 0 Å². The van der Waals surface area contributed by atoms with Gasteiger partial charge < -0.3 is 10.1 Å². The van der Waals surface area contributed by atoms with Crippen LogP contribution in [-0.4, -0.2) is 13.7 Å². The van der Waals surface area contributed by atoms with Crippen LogP contribution in [0.2, 0.25) is 0 Å². The van der Waals surface area contributed by atoms with Gasteiger partial charge in [-0.3, -0.25) is 0 Å². The van der Waals surface area contributed by atoms with Gasteiger partial charge in [0, 0.05) is 18.0 Å². The summed E-state index contributed by atoms with van der Waals surface area (Å²) in [5.74, 6) is 1.75. The SMILES string of the molecule is CCC(C)C(NC)c1cccc2c1OCC2. The van der Waals surface area contributed by atoms with Gasteiger partial charge >= 0.3 is 0 Å². The molecular formula is C14H21NO. The first-order valence-electron chi connectivity index (χ1n) is 6.19. The molecule has 2 unspecified atom stereocenters. The molecule has 2 heteroatoms. The van der Waals surface area contributed by atoms with E-state index in [0.29, 0.717) is 12.0 Å². The summed E-state index contributed by atoms with van der Waals surface area (Å²) in [5, 5.41) is 3.42. The zero-order valence-corrected chi connectivity index (χ0v) is 10.4. The Morgan fingerprint density at radius 3 is 2.94 bits per heavy atom. The van der Waals surface area contributed by atoms with E-state index < -0.39 is 0 Å². The van der Waals surface area contributed by atoms with Gasteiger partial charge in [0.1, 0.15) is 5.75 Å². The summed E-state index contributed by atoms with van der Waals surface area (Å²) in [6.07, 6.45) is 2.23. The lowest BCUT2D eigenvalue weighted by Gasteiger charge is -2.24. The van der Waals surface area contributed by atoms with E-state index in [1.54, 1.807) is 0 Å². The van der Waals surface area contributed by atoms with Crippen molar-refractivity contribution in [3.63, 3.8) is 0 Å². The highest BCUT2D eigenvalue weighted by molar-refractivity contribution is 5.45. The number of hydrogen-bond donors (Lipinski definition) is 1. The van der Waals surface area contributed by atoms with Crippen molar-refractivity contribution < 1.29 is 4.74 Å². The van der Waals surface area contributed by atoms with Gasteiger partial charge in [0.05, 0.1) is 6.61 Å². The Labute approximate surface area is 98.0 Å². The molecule has 0 amide bonds. The lowest BCUT2D eigenvalue weighted by atomic mass is 9.91. The maximum Gasteiger partial charge on any atom is 0.127 e. The first kappa shape index (κ1) is 11.5. The molecule has 0 saturated carbocycles. The van der Waals surface area contributed by atoms with Crippen molar-refractivity contribution in [3.8, 4) is 5.75 Å². The number of rotatable bonds is 4. The molecule has 0 radical (unpaired) electrons. The van der Waals surface area contributed by atoms with Crippen LogP contribution in [-0.2, 0) is 6.42 Å². The average molecular weight is 219 g/mol. The summed E-state index contributed by atoms with van der Waals surface area (Å²) >= 11 is 0. The van der Waals surface area contributed by atoms with Gasteiger partial charge in [-0.05, 0) is 18.5 Å². The summed E-state index contributed by atoms with van der Waals surface area (Å²) < 4.78 is 5.77. The van der Waals surface area contributed by atoms with Gasteiger partial charge in [0.25, 0.3) is 0 Å². The topological polar surface area (TPSA) is 21.3 Å². The molecule has 88 valence electrons. The van der Waals surface area contributed by atoms with Gasteiger partial charge in [-0.2, -0.15) is 0 Å². The highest BCUT2D eigenvalue weighted by Gasteiger charge is 2.23. The van der Waals surface area contributed by atoms with Crippen LogP contribution < -0.4 is 10.1 Å². The molecule has 0 saturated heterocycles. The minimum Gasteiger partial charge on any atom is -0.493 e. The molecule has 0 bridgehead atoms. The Balaban J connectivity index is 2.35. The summed E-state index contributed by atoms with van der Waals surface area (Å²) in [7, 11) is 2.03. The van der Waals surface area contributed by atoms with Crippen LogP contribution in [0.1, 0.15) is 37.4 Å². The molecule has 0 spiro atoms. The van der Waals surface area contributed by atoms with E-state index in [1.807, 2.05) is 7.05 Å². The van der Waals surface area contributed by atoms with E-state index in [1.165, 1.54) is 17.5 Å². The number of para-hydroxylation sites is 1. The van der Waals surface area contributed by atoms with Gasteiger partial charge in [0.2, 0.25) is 0 Å². The molecule has 1 aliphatic rings. The molecular weight excluding hydrogens is 198 g/mol. The van der Waals surface area contributed by atoms with Crippen LogP contribution in [0.15, 0.2) is 18.2 Å². The third-order valence-electron chi connectivity index (χ3n) is 3.60. The van der Waals surface area contributed by atoms with Crippen molar-refractivity contribution in [2.24, 2.45) is 5.92 Å². The summed E-state index contributed by atoms with van der Waals surface area (Å²) in [5.41, 5.74) is 2.69. The number of hydrogen-bond acceptors (Lipinski definition) is 2. The van der Waals surface area contributed by atoms with Gasteiger partial charge in [-0.15, -0.1) is 0 Å². The van der Waals surface area contributed by atoms with Crippen molar-refractivity contribution >= 4 is 0 Å². The molecule has 16 heavy (non-hydrogen) atoms. The van der Waals surface area contributed by atoms with Crippen LogP contribution in [0.25, 0.3) is 0 Å². The number of ether oxygens (including phenoxy) is 1. The average Bonchev–Trinajstić information content (AvgIpc) is 2.78. The Bertz CT molecular complexity index is 362. The highest BCUT2D eigenvalue weighted by atomic mass is 16.5. The Morgan fingerprint density at radius 2 is 2.25 bits per heavy atom. The first-order chi connectivity index (χ1) is 7.77. The molecule has 0 aromatic heterocycles. The zero-order valence-electron chi connectivity index (χ0n) is 10.4. The van der Waals surface area contributed by atoms with E-state index in [0.717, 1.165) is 18.8 Å². The normalized spacial score (nSPS) is 17.7. The van der Waals surface area contributed by atoms with Crippen LogP contribution in [0.3, 0.4) is 0 Å². The lowest BCUT2D eigenvalue weighted by Crippen LogP contribution is -2.23. The van der Waals surface area contributed by atoms with E-state index in [2.05, 4.69) is 37.4 Å². The van der Waals surface area contributed by atoms with E-state index in [4.69, 9.17) is 4.74 Å². The number of fused-ring (bicyclic) bond motifs is 1. The molecule has 1 aromatic rings. The van der Waals surface area contributed by atoms with Crippen LogP contribution in [0, 0.1) is 5.92 Å². The molecule has 2 nitrogen and oxygen atoms in total. The fraction of sp³-hybridized carbons (Fsp3) is 0.571. The molecule has 0 aliphatic carbocycles. The Hall–Kier alpha value is -1.02. The van der Waals surface area contributed by atoms with Gasteiger partial charge in [0.15, 0.2) is 0 Å². The lowest BCUT2D eigenvalue weighted by molar-refractivity contribution is 0.335. The second-order valence-corrected chi connectivity index (χ2v) is 4.59. The second-order valence-electron chi connectivity index (χ2n) is 4.59. The van der Waals surface area contributed by atoms with Crippen molar-refractivity contribution in [1.29, 1.82) is 0 Å². The van der Waals surface area contributed by atoms with Crippen molar-refractivity contribution in [1.82, 2.24) is 5.32 Å². The molecule has 1 heterocycles. The third-order valence-corrected chi connectivity index (χ3v) is 3.60. The monoisotopic (exact) mass is 219 g/mol. The quantitative estimate of drug-likeness (QED) is 0.840. The molecule has 0 fully saturated rings. The third kappa shape index (κ3) is 1.94. The summed E-state index contributed by atoms with van der Waals surface area (Å²) in [6.45, 7) is 5.36. The van der Waals surface area contributed by atoms with Crippen molar-refractivity contribution in [3.05, 3.63) is 29.3 Å². The van der Waals surface area contributed by atoms with Crippen LogP contribution in [0.5, 0.6) is 5.75 Å². The minimum atomic E-state index is 0.401. The largest absolute Gasteiger partial charge is 0.493 e. The maximum absolute atomic E-state index is 5.77. The fourth-order valence-electron chi connectivity index (χ4n) is 2.47. The molecule has 2 rings (SSSR count). The second kappa shape index (κ2) is 4.88. The highest BCUT2D eigenvalue weighted by Crippen LogP contribution is 2.36. The molecule has 1 N–H and O–H groups in total. The van der Waals surface area contributed by atoms with Gasteiger partial charge in [-0.25, -0.2) is 0 Å². The van der Waals surface area contributed by atoms with E-state index in [-0.39, 0.29) is 0 Å². The Morgan fingerprint density at radius 1 is 1.44 bits per heavy atom. The molecule has 1 aliphatic heterocycles.